The summed E-state index contributed by atoms with van der Waals surface area (Å²) in [4.78, 5) is 4.98. The lowest BCUT2D eigenvalue weighted by atomic mass is 9.74. The van der Waals surface area contributed by atoms with E-state index in [1.807, 2.05) is 6.20 Å². The quantitative estimate of drug-likeness (QED) is 0.237. The SMILES string of the molecule is c1cc2c3c(c1)CCc1cc(-c4nccc5c4ccc4ccc(C6CCCCC6)cc45)cc(c1-3)CC2. The summed E-state index contributed by atoms with van der Waals surface area (Å²) in [7, 11) is 0. The Kier molecular flexibility index (Phi) is 4.62. The van der Waals surface area contributed by atoms with E-state index >= 15 is 0 Å². The Balaban J connectivity index is 1.30. The average Bonchev–Trinajstić information content (AvgIpc) is 2.95. The van der Waals surface area contributed by atoms with E-state index in [9.17, 15) is 0 Å². The molecular weight excluding hydrogens is 434 g/mol. The summed E-state index contributed by atoms with van der Waals surface area (Å²) in [6.45, 7) is 0. The predicted octanol–water partition coefficient (Wildman–Crippen LogP) is 8.97. The Morgan fingerprint density at radius 3 is 2.06 bits per heavy atom. The maximum absolute atomic E-state index is 4.98. The van der Waals surface area contributed by atoms with Crippen LogP contribution in [0.1, 0.15) is 65.8 Å². The van der Waals surface area contributed by atoms with Crippen molar-refractivity contribution in [1.29, 1.82) is 0 Å². The van der Waals surface area contributed by atoms with Crippen LogP contribution in [0, 0.1) is 0 Å². The normalized spacial score (nSPS) is 16.9. The van der Waals surface area contributed by atoms with Crippen molar-refractivity contribution in [2.24, 2.45) is 0 Å². The molecule has 1 saturated carbocycles. The minimum Gasteiger partial charge on any atom is -0.256 e. The van der Waals surface area contributed by atoms with Crippen LogP contribution >= 0.6 is 0 Å². The van der Waals surface area contributed by atoms with Gasteiger partial charge in [-0.15, -0.1) is 0 Å². The molecule has 3 aliphatic carbocycles. The first-order valence-electron chi connectivity index (χ1n) is 13.9. The fraction of sp³-hybridized carbons (Fsp3) is 0.286. The van der Waals surface area contributed by atoms with Crippen molar-refractivity contribution in [3.05, 3.63) is 101 Å². The Hall–Kier alpha value is -3.45. The van der Waals surface area contributed by atoms with Crippen LogP contribution in [0.4, 0.5) is 0 Å². The zero-order chi connectivity index (χ0) is 23.6. The Labute approximate surface area is 213 Å². The molecular formula is C35H31N. The summed E-state index contributed by atoms with van der Waals surface area (Å²) in [5.74, 6) is 0.723. The van der Waals surface area contributed by atoms with E-state index in [1.54, 1.807) is 5.56 Å². The molecule has 0 radical (unpaired) electrons. The number of aromatic nitrogens is 1. The van der Waals surface area contributed by atoms with Crippen LogP contribution in [0.25, 0.3) is 43.9 Å². The number of rotatable bonds is 2. The summed E-state index contributed by atoms with van der Waals surface area (Å²) < 4.78 is 0. The van der Waals surface area contributed by atoms with Gasteiger partial charge in [0.2, 0.25) is 0 Å². The molecule has 8 rings (SSSR count). The van der Waals surface area contributed by atoms with Gasteiger partial charge in [0.05, 0.1) is 5.69 Å². The Morgan fingerprint density at radius 2 is 1.28 bits per heavy atom. The van der Waals surface area contributed by atoms with Crippen LogP contribution < -0.4 is 0 Å². The standard InChI is InChI=1S/C35H31N/c1-2-5-22(6-3-1)26-12-9-23-15-16-31-30(32(23)21-26)17-18-36-35(31)29-19-27-13-10-24-7-4-8-25-11-14-28(20-29)34(27)33(24)25/h4,7-9,12,15-22H,1-3,5-6,10-11,13-14H2. The van der Waals surface area contributed by atoms with Gasteiger partial charge < -0.3 is 0 Å². The fourth-order valence-electron chi connectivity index (χ4n) is 7.47. The number of aryl methyl sites for hydroxylation is 4. The summed E-state index contributed by atoms with van der Waals surface area (Å²) in [5.41, 5.74) is 13.1. The molecule has 4 aromatic carbocycles. The topological polar surface area (TPSA) is 12.9 Å². The highest BCUT2D eigenvalue weighted by Gasteiger charge is 2.26. The second-order valence-electron chi connectivity index (χ2n) is 11.3. The van der Waals surface area contributed by atoms with Crippen molar-refractivity contribution in [2.75, 3.05) is 0 Å². The molecule has 0 N–H and O–H groups in total. The van der Waals surface area contributed by atoms with Gasteiger partial charge >= 0.3 is 0 Å². The smallest absolute Gasteiger partial charge is 0.0780 e. The maximum Gasteiger partial charge on any atom is 0.0780 e. The lowest BCUT2D eigenvalue weighted by Gasteiger charge is -2.30. The summed E-state index contributed by atoms with van der Waals surface area (Å²) in [5, 5.41) is 5.35. The number of fused-ring (bicyclic) bond motifs is 3. The van der Waals surface area contributed by atoms with Gasteiger partial charge in [0.15, 0.2) is 0 Å². The van der Waals surface area contributed by atoms with Crippen molar-refractivity contribution in [2.45, 2.75) is 63.7 Å². The summed E-state index contributed by atoms with van der Waals surface area (Å²) >= 11 is 0. The van der Waals surface area contributed by atoms with E-state index in [0.717, 1.165) is 37.3 Å². The van der Waals surface area contributed by atoms with Gasteiger partial charge in [-0.25, -0.2) is 0 Å². The van der Waals surface area contributed by atoms with Crippen molar-refractivity contribution in [3.8, 4) is 22.4 Å². The van der Waals surface area contributed by atoms with E-state index in [0.29, 0.717) is 0 Å². The molecule has 1 aromatic heterocycles. The molecule has 1 fully saturated rings. The van der Waals surface area contributed by atoms with E-state index in [-0.39, 0.29) is 0 Å². The minimum absolute atomic E-state index is 0.723. The lowest BCUT2D eigenvalue weighted by Crippen LogP contribution is -2.14. The molecule has 176 valence electrons. The van der Waals surface area contributed by atoms with Crippen molar-refractivity contribution in [3.63, 3.8) is 0 Å². The van der Waals surface area contributed by atoms with Crippen LogP contribution in [0.15, 0.2) is 72.9 Å². The molecule has 1 heterocycles. The second-order valence-corrected chi connectivity index (χ2v) is 11.3. The highest BCUT2D eigenvalue weighted by atomic mass is 14.7. The number of nitrogens with zero attached hydrogens (tertiary/aromatic N) is 1. The van der Waals surface area contributed by atoms with Crippen LogP contribution in [-0.4, -0.2) is 4.98 Å². The van der Waals surface area contributed by atoms with Gasteiger partial charge in [0.1, 0.15) is 0 Å². The van der Waals surface area contributed by atoms with Gasteiger partial charge in [-0.3, -0.25) is 4.98 Å². The third kappa shape index (κ3) is 3.11. The van der Waals surface area contributed by atoms with Gasteiger partial charge in [-0.05, 0) is 118 Å². The first-order chi connectivity index (χ1) is 17.8. The van der Waals surface area contributed by atoms with Crippen molar-refractivity contribution >= 4 is 21.5 Å². The highest BCUT2D eigenvalue weighted by molar-refractivity contribution is 6.11. The maximum atomic E-state index is 4.98. The molecule has 0 unspecified atom stereocenters. The molecule has 1 nitrogen and oxygen atoms in total. The molecule has 0 spiro atoms. The monoisotopic (exact) mass is 465 g/mol. The molecule has 0 atom stereocenters. The van der Waals surface area contributed by atoms with Crippen LogP contribution in [0.3, 0.4) is 0 Å². The van der Waals surface area contributed by atoms with Gasteiger partial charge in [0.25, 0.3) is 0 Å². The highest BCUT2D eigenvalue weighted by Crippen LogP contribution is 2.45. The molecule has 0 aliphatic heterocycles. The lowest BCUT2D eigenvalue weighted by molar-refractivity contribution is 0.444. The molecule has 3 aliphatic rings. The zero-order valence-electron chi connectivity index (χ0n) is 20.8. The predicted molar refractivity (Wildman–Crippen MR) is 151 cm³/mol. The molecule has 5 aromatic rings. The summed E-state index contributed by atoms with van der Waals surface area (Å²) in [6, 6.07) is 25.9. The number of hydrogen-bond donors (Lipinski definition) is 0. The Bertz CT molecular complexity index is 1620. The first kappa shape index (κ1) is 20.7. The molecule has 0 bridgehead atoms. The second kappa shape index (κ2) is 8.03. The minimum atomic E-state index is 0.723. The summed E-state index contributed by atoms with van der Waals surface area (Å²) in [6.07, 6.45) is 13.4. The van der Waals surface area contributed by atoms with Crippen LogP contribution in [0.5, 0.6) is 0 Å². The number of hydrogen-bond acceptors (Lipinski definition) is 1. The zero-order valence-corrected chi connectivity index (χ0v) is 20.8. The molecule has 1 heteroatoms. The number of benzene rings is 4. The van der Waals surface area contributed by atoms with Gasteiger partial charge in [-0.1, -0.05) is 67.8 Å². The van der Waals surface area contributed by atoms with Crippen molar-refractivity contribution < 1.29 is 0 Å². The van der Waals surface area contributed by atoms with E-state index in [4.69, 9.17) is 4.98 Å². The average molecular weight is 466 g/mol. The largest absolute Gasteiger partial charge is 0.256 e. The van der Waals surface area contributed by atoms with Gasteiger partial charge in [0, 0.05) is 17.1 Å². The van der Waals surface area contributed by atoms with Crippen LogP contribution in [-0.2, 0) is 25.7 Å². The fourth-order valence-corrected chi connectivity index (χ4v) is 7.47. The van der Waals surface area contributed by atoms with Crippen LogP contribution in [0.2, 0.25) is 0 Å². The van der Waals surface area contributed by atoms with E-state index in [1.165, 1.54) is 92.6 Å². The van der Waals surface area contributed by atoms with Crippen molar-refractivity contribution in [1.82, 2.24) is 4.98 Å². The molecule has 36 heavy (non-hydrogen) atoms. The molecule has 0 amide bonds. The van der Waals surface area contributed by atoms with E-state index < -0.39 is 0 Å². The Morgan fingerprint density at radius 1 is 0.583 bits per heavy atom. The first-order valence-corrected chi connectivity index (χ1v) is 13.9. The number of pyridine rings is 1. The van der Waals surface area contributed by atoms with Gasteiger partial charge in [-0.2, -0.15) is 0 Å². The molecule has 0 saturated heterocycles. The third-order valence-electron chi connectivity index (χ3n) is 9.25. The third-order valence-corrected chi connectivity index (χ3v) is 9.25. The van der Waals surface area contributed by atoms with E-state index in [2.05, 4.69) is 66.7 Å².